The third-order valence-electron chi connectivity index (χ3n) is 6.57. The molecule has 5 rings (SSSR count). The molecule has 0 atom stereocenters. The number of nitrogens with one attached hydrogen (secondary N) is 2. The molecule has 2 aromatic heterocycles. The van der Waals surface area contributed by atoms with Gasteiger partial charge in [0.1, 0.15) is 0 Å². The topological polar surface area (TPSA) is 149 Å². The van der Waals surface area contributed by atoms with E-state index >= 15 is 0 Å². The van der Waals surface area contributed by atoms with Gasteiger partial charge < -0.3 is 26.5 Å². The van der Waals surface area contributed by atoms with E-state index in [1.165, 1.54) is 5.56 Å². The van der Waals surface area contributed by atoms with Crippen LogP contribution in [0.15, 0.2) is 79.3 Å². The van der Waals surface area contributed by atoms with Crippen LogP contribution in [-0.4, -0.2) is 74.8 Å². The number of rotatable bonds is 7. The van der Waals surface area contributed by atoms with Crippen molar-refractivity contribution < 1.29 is 15.7 Å². The van der Waals surface area contributed by atoms with Crippen LogP contribution in [0.2, 0.25) is 0 Å². The first-order valence-electron chi connectivity index (χ1n) is 12.5. The second kappa shape index (κ2) is 13.5. The molecule has 1 amide bonds. The van der Waals surface area contributed by atoms with Crippen molar-refractivity contribution in [3.8, 4) is 11.3 Å². The lowest BCUT2D eigenvalue weighted by molar-refractivity contribution is 0.102. The third kappa shape index (κ3) is 7.65. The van der Waals surface area contributed by atoms with Gasteiger partial charge in [0.2, 0.25) is 5.95 Å². The first-order chi connectivity index (χ1) is 18.0. The fraction of sp³-hybridized carbons (Fsp3) is 0.241. The molecule has 1 aliphatic heterocycles. The van der Waals surface area contributed by atoms with Crippen LogP contribution in [0.4, 0.5) is 17.3 Å². The van der Waals surface area contributed by atoms with Crippen molar-refractivity contribution in [3.05, 3.63) is 95.9 Å². The largest absolute Gasteiger partial charge is 0.412 e. The molecular weight excluding hydrogens is 494 g/mol. The fourth-order valence-corrected chi connectivity index (χ4v) is 4.28. The summed E-state index contributed by atoms with van der Waals surface area (Å²) in [4.78, 5) is 30.9. The number of benzene rings is 2. The summed E-state index contributed by atoms with van der Waals surface area (Å²) in [7, 11) is 2.16. The van der Waals surface area contributed by atoms with Gasteiger partial charge >= 0.3 is 0 Å². The summed E-state index contributed by atoms with van der Waals surface area (Å²) in [5.41, 5.74) is 6.08. The maximum atomic E-state index is 12.9. The van der Waals surface area contributed by atoms with E-state index in [1.54, 1.807) is 18.6 Å². The Bertz CT molecular complexity index is 1360. The van der Waals surface area contributed by atoms with Gasteiger partial charge in [-0.05, 0) is 67.6 Å². The van der Waals surface area contributed by atoms with Gasteiger partial charge in [0.15, 0.2) is 0 Å². The average molecular weight is 530 g/mol. The summed E-state index contributed by atoms with van der Waals surface area (Å²) in [6.45, 7) is 7.24. The number of hydrogen-bond acceptors (Lipinski definition) is 7. The Morgan fingerprint density at radius 2 is 1.72 bits per heavy atom. The van der Waals surface area contributed by atoms with Crippen LogP contribution in [0.25, 0.3) is 11.3 Å². The van der Waals surface area contributed by atoms with Gasteiger partial charge in [-0.2, -0.15) is 0 Å². The minimum absolute atomic E-state index is 0. The first-order valence-corrected chi connectivity index (χ1v) is 12.5. The molecule has 3 heterocycles. The number of aryl methyl sites for hydroxylation is 1. The van der Waals surface area contributed by atoms with Crippen LogP contribution in [0, 0.1) is 6.92 Å². The van der Waals surface area contributed by atoms with Crippen molar-refractivity contribution >= 4 is 23.2 Å². The van der Waals surface area contributed by atoms with Crippen LogP contribution in [0.5, 0.6) is 0 Å². The molecule has 0 aliphatic carbocycles. The zero-order valence-corrected chi connectivity index (χ0v) is 22.2. The highest BCUT2D eigenvalue weighted by molar-refractivity contribution is 6.04. The first kappa shape index (κ1) is 29.3. The fourth-order valence-electron chi connectivity index (χ4n) is 4.28. The number of piperazine rings is 1. The monoisotopic (exact) mass is 529 g/mol. The summed E-state index contributed by atoms with van der Waals surface area (Å²) >= 11 is 0. The highest BCUT2D eigenvalue weighted by Gasteiger charge is 2.14. The molecule has 1 aliphatic rings. The zero-order valence-electron chi connectivity index (χ0n) is 22.2. The Balaban J connectivity index is 0.00000210. The van der Waals surface area contributed by atoms with Gasteiger partial charge in [-0.3, -0.25) is 14.7 Å². The van der Waals surface area contributed by atoms with Gasteiger partial charge in [-0.1, -0.05) is 18.2 Å². The number of aromatic nitrogens is 3. The number of anilines is 3. The van der Waals surface area contributed by atoms with Crippen LogP contribution in [-0.2, 0) is 6.54 Å². The Morgan fingerprint density at radius 1 is 0.949 bits per heavy atom. The number of nitrogens with zero attached hydrogens (tertiary/aromatic N) is 5. The minimum Gasteiger partial charge on any atom is -0.412 e. The molecular formula is C29H35N7O3. The van der Waals surface area contributed by atoms with Crippen molar-refractivity contribution in [3.63, 3.8) is 0 Å². The van der Waals surface area contributed by atoms with Crippen LogP contribution < -0.4 is 10.6 Å². The molecule has 204 valence electrons. The number of pyridine rings is 1. The van der Waals surface area contributed by atoms with E-state index in [0.29, 0.717) is 17.2 Å². The van der Waals surface area contributed by atoms with E-state index in [1.807, 2.05) is 67.6 Å². The molecule has 1 fully saturated rings. The molecule has 0 bridgehead atoms. The molecule has 10 nitrogen and oxygen atoms in total. The summed E-state index contributed by atoms with van der Waals surface area (Å²) < 4.78 is 0. The zero-order chi connectivity index (χ0) is 25.6. The molecule has 6 N–H and O–H groups in total. The summed E-state index contributed by atoms with van der Waals surface area (Å²) in [5.74, 6) is 0.333. The van der Waals surface area contributed by atoms with E-state index in [9.17, 15) is 4.79 Å². The van der Waals surface area contributed by atoms with Crippen molar-refractivity contribution in [2.24, 2.45) is 0 Å². The third-order valence-corrected chi connectivity index (χ3v) is 6.57. The molecule has 0 spiro atoms. The highest BCUT2D eigenvalue weighted by atomic mass is 16.1. The molecule has 39 heavy (non-hydrogen) atoms. The van der Waals surface area contributed by atoms with E-state index in [2.05, 4.69) is 42.4 Å². The molecule has 2 aromatic carbocycles. The predicted octanol–water partition coefficient (Wildman–Crippen LogP) is 2.94. The van der Waals surface area contributed by atoms with E-state index < -0.39 is 0 Å². The molecule has 4 aromatic rings. The maximum Gasteiger partial charge on any atom is 0.255 e. The summed E-state index contributed by atoms with van der Waals surface area (Å²) in [5, 5.41) is 6.29. The van der Waals surface area contributed by atoms with Crippen molar-refractivity contribution in [2.45, 2.75) is 13.5 Å². The minimum atomic E-state index is -0.143. The van der Waals surface area contributed by atoms with E-state index in [4.69, 9.17) is 0 Å². The smallest absolute Gasteiger partial charge is 0.255 e. The highest BCUT2D eigenvalue weighted by Crippen LogP contribution is 2.24. The van der Waals surface area contributed by atoms with Crippen molar-refractivity contribution in [2.75, 3.05) is 43.9 Å². The summed E-state index contributed by atoms with van der Waals surface area (Å²) in [6, 6.07) is 19.3. The number of carbonyl (C=O) groups is 1. The molecule has 0 radical (unpaired) electrons. The molecule has 10 heteroatoms. The van der Waals surface area contributed by atoms with Gasteiger partial charge in [0.25, 0.3) is 5.91 Å². The van der Waals surface area contributed by atoms with E-state index in [0.717, 1.165) is 55.2 Å². The van der Waals surface area contributed by atoms with Gasteiger partial charge in [0.05, 0.1) is 5.69 Å². The van der Waals surface area contributed by atoms with E-state index in [-0.39, 0.29) is 16.9 Å². The number of carbonyl (C=O) groups excluding carboxylic acids is 1. The summed E-state index contributed by atoms with van der Waals surface area (Å²) in [6.07, 6.45) is 5.22. The Hall–Kier alpha value is -4.22. The van der Waals surface area contributed by atoms with Crippen LogP contribution in [0.1, 0.15) is 21.5 Å². The van der Waals surface area contributed by atoms with Gasteiger partial charge in [-0.25, -0.2) is 9.97 Å². The lowest BCUT2D eigenvalue weighted by Gasteiger charge is -2.32. The number of hydrogen-bond donors (Lipinski definition) is 2. The normalized spacial score (nSPS) is 13.6. The van der Waals surface area contributed by atoms with Crippen molar-refractivity contribution in [1.82, 2.24) is 24.8 Å². The Kier molecular flexibility index (Phi) is 10.2. The predicted molar refractivity (Wildman–Crippen MR) is 154 cm³/mol. The quantitative estimate of drug-likeness (QED) is 0.374. The number of amides is 1. The molecule has 0 saturated carbocycles. The maximum absolute atomic E-state index is 12.9. The second-order valence-corrected chi connectivity index (χ2v) is 9.39. The van der Waals surface area contributed by atoms with Gasteiger partial charge in [0, 0.05) is 73.8 Å². The Labute approximate surface area is 228 Å². The van der Waals surface area contributed by atoms with Gasteiger partial charge in [-0.15, -0.1) is 0 Å². The van der Waals surface area contributed by atoms with Crippen LogP contribution >= 0.6 is 0 Å². The second-order valence-electron chi connectivity index (χ2n) is 9.39. The van der Waals surface area contributed by atoms with Crippen molar-refractivity contribution in [1.29, 1.82) is 0 Å². The molecule has 0 unspecified atom stereocenters. The lowest BCUT2D eigenvalue weighted by atomic mass is 10.1. The Morgan fingerprint density at radius 3 is 2.44 bits per heavy atom. The van der Waals surface area contributed by atoms with Crippen LogP contribution in [0.3, 0.4) is 0 Å². The molecule has 1 saturated heterocycles. The lowest BCUT2D eigenvalue weighted by Crippen LogP contribution is -2.43. The average Bonchev–Trinajstić information content (AvgIpc) is 2.93. The standard InChI is InChI=1S/C29H31N7O.2H2O/c1-21-5-10-25(18-27(21)34-29-31-13-11-26(33-29)24-4-3-12-30-19-24)32-28(37)23-8-6-22(7-9-23)20-36-16-14-35(2)15-17-36;;/h3-13,18-19H,14-17,20H2,1-2H3,(H,32,37)(H,31,33,34);2*1H2. The SMILES string of the molecule is Cc1ccc(NC(=O)c2ccc(CN3CCN(C)CC3)cc2)cc1Nc1nccc(-c2cccnc2)n1.O.O. The number of likely N-dealkylation sites (N-methyl/N-ethyl adjacent to an activating group) is 1.